The Hall–Kier alpha value is -2.90. The monoisotopic (exact) mass is 437 g/mol. The molecule has 168 valence electrons. The number of hydrogen-bond acceptors (Lipinski definition) is 6. The van der Waals surface area contributed by atoms with Crippen LogP contribution in [0, 0.1) is 6.92 Å². The quantitative estimate of drug-likeness (QED) is 0.486. The largest absolute Gasteiger partial charge is 0.491 e. The van der Waals surface area contributed by atoms with E-state index in [9.17, 15) is 9.59 Å². The molecular weight excluding hydrogens is 410 g/mol. The van der Waals surface area contributed by atoms with Gasteiger partial charge in [0, 0.05) is 5.56 Å². The van der Waals surface area contributed by atoms with Crippen LogP contribution < -0.4 is 14.4 Å². The van der Waals surface area contributed by atoms with Gasteiger partial charge in [-0.25, -0.2) is 4.90 Å². The fourth-order valence-electron chi connectivity index (χ4n) is 3.85. The highest BCUT2D eigenvalue weighted by Crippen LogP contribution is 2.40. The molecule has 2 atom stereocenters. The molecule has 2 saturated heterocycles. The van der Waals surface area contributed by atoms with Crippen molar-refractivity contribution in [1.82, 2.24) is 0 Å². The average Bonchev–Trinajstić information content (AvgIpc) is 3.66. The van der Waals surface area contributed by atoms with E-state index in [0.29, 0.717) is 42.4 Å². The molecule has 0 N–H and O–H groups in total. The lowest BCUT2D eigenvalue weighted by molar-refractivity contribution is 0.0925. The third kappa shape index (κ3) is 3.98. The van der Waals surface area contributed by atoms with Crippen LogP contribution in [0.25, 0.3) is 0 Å². The summed E-state index contributed by atoms with van der Waals surface area (Å²) < 4.78 is 22.1. The van der Waals surface area contributed by atoms with Crippen LogP contribution in [0.2, 0.25) is 0 Å². The molecule has 7 heteroatoms. The first-order chi connectivity index (χ1) is 15.2. The molecule has 0 spiro atoms. The zero-order chi connectivity index (χ0) is 22.6. The van der Waals surface area contributed by atoms with Crippen molar-refractivity contribution in [2.75, 3.05) is 31.3 Å². The highest BCUT2D eigenvalue weighted by Gasteiger charge is 2.39. The Morgan fingerprint density at radius 2 is 1.56 bits per heavy atom. The predicted octanol–water partition coefficient (Wildman–Crippen LogP) is 3.65. The first-order valence-electron chi connectivity index (χ1n) is 10.9. The number of rotatable bonds is 7. The number of ether oxygens (including phenoxy) is 4. The van der Waals surface area contributed by atoms with E-state index in [2.05, 4.69) is 20.8 Å². The van der Waals surface area contributed by atoms with E-state index in [1.165, 1.54) is 4.90 Å². The van der Waals surface area contributed by atoms with Gasteiger partial charge in [-0.05, 0) is 48.2 Å². The van der Waals surface area contributed by atoms with E-state index in [1.54, 1.807) is 18.2 Å². The second-order valence-electron chi connectivity index (χ2n) is 9.57. The summed E-state index contributed by atoms with van der Waals surface area (Å²) in [4.78, 5) is 27.8. The summed E-state index contributed by atoms with van der Waals surface area (Å²) in [6, 6.07) is 8.84. The van der Waals surface area contributed by atoms with Crippen molar-refractivity contribution in [1.29, 1.82) is 0 Å². The van der Waals surface area contributed by atoms with Crippen LogP contribution >= 0.6 is 0 Å². The summed E-state index contributed by atoms with van der Waals surface area (Å²) in [6.07, 6.45) is 0.254. The summed E-state index contributed by atoms with van der Waals surface area (Å²) in [5.74, 6) is 0.635. The maximum absolute atomic E-state index is 13.3. The third-order valence-electron chi connectivity index (χ3n) is 5.87. The molecule has 2 aromatic carbocycles. The van der Waals surface area contributed by atoms with E-state index in [0.717, 1.165) is 23.5 Å². The van der Waals surface area contributed by atoms with Crippen molar-refractivity contribution in [2.24, 2.45) is 0 Å². The molecule has 2 unspecified atom stereocenters. The van der Waals surface area contributed by atoms with Crippen LogP contribution in [0.4, 0.5) is 5.69 Å². The molecule has 2 amide bonds. The molecular formula is C25H27NO6. The highest BCUT2D eigenvalue weighted by molar-refractivity contribution is 6.34. The zero-order valence-electron chi connectivity index (χ0n) is 18.8. The second kappa shape index (κ2) is 7.60. The van der Waals surface area contributed by atoms with E-state index in [-0.39, 0.29) is 29.4 Å². The lowest BCUT2D eigenvalue weighted by Crippen LogP contribution is -2.30. The molecule has 0 aliphatic carbocycles. The minimum Gasteiger partial charge on any atom is -0.491 e. The smallest absolute Gasteiger partial charge is 0.266 e. The van der Waals surface area contributed by atoms with Gasteiger partial charge in [-0.1, -0.05) is 20.8 Å². The number of hydrogen-bond donors (Lipinski definition) is 0. The van der Waals surface area contributed by atoms with Crippen LogP contribution in [-0.2, 0) is 14.9 Å². The van der Waals surface area contributed by atoms with Gasteiger partial charge in [0.05, 0.1) is 30.0 Å². The molecule has 5 rings (SSSR count). The van der Waals surface area contributed by atoms with E-state index < -0.39 is 0 Å². The second-order valence-corrected chi connectivity index (χ2v) is 9.57. The molecule has 3 aliphatic heterocycles. The highest BCUT2D eigenvalue weighted by atomic mass is 16.6. The standard InChI is InChI=1S/C25H27NO6/c1-14-7-22(32-13-17-12-31-17)20(25(2,3)4)9-21(14)26-23(27)18-6-5-15(8-19(18)24(26)28)29-10-16-11-30-16/h5-9,16-17H,10-13H2,1-4H3. The average molecular weight is 437 g/mol. The molecule has 0 aromatic heterocycles. The van der Waals surface area contributed by atoms with Gasteiger partial charge >= 0.3 is 0 Å². The Labute approximate surface area is 187 Å². The van der Waals surface area contributed by atoms with Crippen molar-refractivity contribution < 1.29 is 28.5 Å². The minimum absolute atomic E-state index is 0.114. The van der Waals surface area contributed by atoms with Crippen molar-refractivity contribution in [3.05, 3.63) is 52.6 Å². The number of carbonyl (C=O) groups excluding carboxylic acids is 2. The molecule has 7 nitrogen and oxygen atoms in total. The van der Waals surface area contributed by atoms with Crippen molar-refractivity contribution >= 4 is 17.5 Å². The summed E-state index contributed by atoms with van der Waals surface area (Å²) in [6.45, 7) is 10.5. The lowest BCUT2D eigenvalue weighted by atomic mass is 9.85. The van der Waals surface area contributed by atoms with Gasteiger partial charge < -0.3 is 18.9 Å². The van der Waals surface area contributed by atoms with E-state index in [1.807, 2.05) is 19.1 Å². The van der Waals surface area contributed by atoms with Gasteiger partial charge in [0.1, 0.15) is 36.9 Å². The number of aryl methyl sites for hydroxylation is 1. The van der Waals surface area contributed by atoms with Crippen LogP contribution in [-0.4, -0.2) is 50.4 Å². The SMILES string of the molecule is Cc1cc(OCC2CO2)c(C(C)(C)C)cc1N1C(=O)c2ccc(OCC3CO3)cc2C1=O. The van der Waals surface area contributed by atoms with Gasteiger partial charge in [-0.15, -0.1) is 0 Å². The molecule has 0 saturated carbocycles. The number of nitrogens with zero attached hydrogens (tertiary/aromatic N) is 1. The maximum atomic E-state index is 13.3. The van der Waals surface area contributed by atoms with Crippen molar-refractivity contribution in [3.63, 3.8) is 0 Å². The molecule has 2 aromatic rings. The zero-order valence-corrected chi connectivity index (χ0v) is 18.8. The Morgan fingerprint density at radius 1 is 0.938 bits per heavy atom. The molecule has 2 fully saturated rings. The number of amides is 2. The van der Waals surface area contributed by atoms with Crippen LogP contribution in [0.5, 0.6) is 11.5 Å². The molecule has 3 heterocycles. The topological polar surface area (TPSA) is 80.9 Å². The first-order valence-corrected chi connectivity index (χ1v) is 10.9. The number of imide groups is 1. The van der Waals surface area contributed by atoms with Crippen LogP contribution in [0.1, 0.15) is 52.6 Å². The van der Waals surface area contributed by atoms with Crippen LogP contribution in [0.3, 0.4) is 0 Å². The van der Waals surface area contributed by atoms with E-state index in [4.69, 9.17) is 18.9 Å². The van der Waals surface area contributed by atoms with Gasteiger partial charge in [0.2, 0.25) is 0 Å². The van der Waals surface area contributed by atoms with Crippen molar-refractivity contribution in [3.8, 4) is 11.5 Å². The number of benzene rings is 2. The Balaban J connectivity index is 1.47. The summed E-state index contributed by atoms with van der Waals surface area (Å²) >= 11 is 0. The van der Waals surface area contributed by atoms with Gasteiger partial charge in [-0.2, -0.15) is 0 Å². The Kier molecular flexibility index (Phi) is 4.98. The third-order valence-corrected chi connectivity index (χ3v) is 5.87. The number of carbonyl (C=O) groups is 2. The molecule has 3 aliphatic rings. The maximum Gasteiger partial charge on any atom is 0.266 e. The molecule has 0 radical (unpaired) electrons. The van der Waals surface area contributed by atoms with Crippen molar-refractivity contribution in [2.45, 2.75) is 45.3 Å². The Bertz CT molecular complexity index is 1090. The molecule has 0 bridgehead atoms. The van der Waals surface area contributed by atoms with Gasteiger partial charge in [-0.3, -0.25) is 9.59 Å². The first kappa shape index (κ1) is 21.0. The summed E-state index contributed by atoms with van der Waals surface area (Å²) in [7, 11) is 0. The van der Waals surface area contributed by atoms with Crippen LogP contribution in [0.15, 0.2) is 30.3 Å². The molecule has 32 heavy (non-hydrogen) atoms. The van der Waals surface area contributed by atoms with Gasteiger partial charge in [0.25, 0.3) is 11.8 Å². The number of fused-ring (bicyclic) bond motifs is 1. The lowest BCUT2D eigenvalue weighted by Gasteiger charge is -2.26. The van der Waals surface area contributed by atoms with Gasteiger partial charge in [0.15, 0.2) is 0 Å². The summed E-state index contributed by atoms with van der Waals surface area (Å²) in [5.41, 5.74) is 2.79. The normalized spacial score (nSPS) is 21.6. The Morgan fingerprint density at radius 3 is 2.19 bits per heavy atom. The number of epoxide rings is 2. The predicted molar refractivity (Wildman–Crippen MR) is 118 cm³/mol. The fraction of sp³-hybridized carbons (Fsp3) is 0.440. The fourth-order valence-corrected chi connectivity index (χ4v) is 3.85. The summed E-state index contributed by atoms with van der Waals surface area (Å²) in [5, 5.41) is 0. The minimum atomic E-state index is -0.346. The number of anilines is 1. The van der Waals surface area contributed by atoms with E-state index >= 15 is 0 Å².